The monoisotopic (exact) mass is 383 g/mol. The maximum Gasteiger partial charge on any atom is 0.280 e. The Morgan fingerprint density at radius 1 is 1.25 bits per heavy atom. The molecule has 0 bridgehead atoms. The molecule has 0 radical (unpaired) electrons. The van der Waals surface area contributed by atoms with Gasteiger partial charge in [-0.3, -0.25) is 4.79 Å². The number of benzene rings is 1. The first kappa shape index (κ1) is 18.9. The van der Waals surface area contributed by atoms with Crippen molar-refractivity contribution in [3.05, 3.63) is 35.7 Å². The number of hydrogen-bond donors (Lipinski definition) is 0. The van der Waals surface area contributed by atoms with Crippen LogP contribution in [0.15, 0.2) is 24.4 Å². The number of anilines is 2. The number of fused-ring (bicyclic) bond motifs is 1. The van der Waals surface area contributed by atoms with Crippen molar-refractivity contribution in [1.29, 1.82) is 0 Å². The Kier molecular flexibility index (Phi) is 5.62. The summed E-state index contributed by atoms with van der Waals surface area (Å²) >= 11 is 0. The summed E-state index contributed by atoms with van der Waals surface area (Å²) in [6, 6.07) is 7.14. The first-order valence-electron chi connectivity index (χ1n) is 10.3. The minimum Gasteiger partial charge on any atom is -0.383 e. The van der Waals surface area contributed by atoms with Crippen LogP contribution in [0.4, 0.5) is 11.4 Å². The molecular weight excluding hydrogens is 354 g/mol. The topological polar surface area (TPSA) is 63.5 Å². The van der Waals surface area contributed by atoms with Crippen LogP contribution in [-0.4, -0.2) is 53.7 Å². The van der Waals surface area contributed by atoms with E-state index in [-0.39, 0.29) is 5.91 Å². The number of amides is 1. The van der Waals surface area contributed by atoms with Crippen molar-refractivity contribution in [3.63, 3.8) is 0 Å². The van der Waals surface area contributed by atoms with Gasteiger partial charge < -0.3 is 14.5 Å². The number of rotatable bonds is 5. The minimum atomic E-state index is -0.0799. The lowest BCUT2D eigenvalue weighted by Crippen LogP contribution is -2.38. The highest BCUT2D eigenvalue weighted by Gasteiger charge is 2.27. The number of aromatic nitrogens is 3. The molecule has 1 unspecified atom stereocenters. The van der Waals surface area contributed by atoms with Gasteiger partial charge in [0, 0.05) is 37.6 Å². The van der Waals surface area contributed by atoms with E-state index < -0.39 is 0 Å². The summed E-state index contributed by atoms with van der Waals surface area (Å²) in [5.41, 5.74) is 3.93. The van der Waals surface area contributed by atoms with Crippen molar-refractivity contribution in [3.8, 4) is 0 Å². The van der Waals surface area contributed by atoms with Crippen LogP contribution >= 0.6 is 0 Å². The van der Waals surface area contributed by atoms with Crippen LogP contribution in [0.5, 0.6) is 0 Å². The maximum atomic E-state index is 13.1. The van der Waals surface area contributed by atoms with Crippen molar-refractivity contribution < 1.29 is 9.53 Å². The van der Waals surface area contributed by atoms with Gasteiger partial charge in [-0.1, -0.05) is 5.21 Å². The van der Waals surface area contributed by atoms with E-state index in [0.29, 0.717) is 24.9 Å². The van der Waals surface area contributed by atoms with Crippen LogP contribution in [-0.2, 0) is 17.7 Å². The van der Waals surface area contributed by atoms with Crippen molar-refractivity contribution in [1.82, 2.24) is 15.0 Å². The van der Waals surface area contributed by atoms with Gasteiger partial charge in [0.2, 0.25) is 0 Å². The molecule has 1 fully saturated rings. The molecule has 1 amide bonds. The zero-order valence-electron chi connectivity index (χ0n) is 16.8. The predicted octanol–water partition coefficient (Wildman–Crippen LogP) is 2.90. The summed E-state index contributed by atoms with van der Waals surface area (Å²) in [6.45, 7) is 5.27. The molecule has 1 saturated heterocycles. The Balaban J connectivity index is 1.55. The first-order valence-corrected chi connectivity index (χ1v) is 10.3. The molecule has 1 aromatic carbocycles. The second-order valence-electron chi connectivity index (χ2n) is 7.77. The van der Waals surface area contributed by atoms with Crippen LogP contribution in [0, 0.1) is 0 Å². The number of carbonyl (C=O) groups is 1. The van der Waals surface area contributed by atoms with Gasteiger partial charge in [0.25, 0.3) is 5.91 Å². The van der Waals surface area contributed by atoms with E-state index in [2.05, 4.69) is 40.3 Å². The molecule has 0 saturated carbocycles. The second kappa shape index (κ2) is 8.31. The summed E-state index contributed by atoms with van der Waals surface area (Å²) in [5, 5.41) is 8.12. The van der Waals surface area contributed by atoms with E-state index in [9.17, 15) is 4.79 Å². The zero-order chi connectivity index (χ0) is 19.5. The fourth-order valence-corrected chi connectivity index (χ4v) is 4.28. The molecular formula is C21H29N5O2. The molecule has 4 rings (SSSR count). The molecule has 2 aromatic rings. The summed E-state index contributed by atoms with van der Waals surface area (Å²) in [5.74, 6) is -0.0799. The molecule has 1 atom stereocenters. The van der Waals surface area contributed by atoms with E-state index in [0.717, 1.165) is 31.6 Å². The third kappa shape index (κ3) is 3.76. The number of ether oxygens (including phenoxy) is 1. The van der Waals surface area contributed by atoms with Crippen LogP contribution in [0.3, 0.4) is 0 Å². The fraction of sp³-hybridized carbons (Fsp3) is 0.571. The molecule has 7 nitrogen and oxygen atoms in total. The van der Waals surface area contributed by atoms with Gasteiger partial charge in [-0.2, -0.15) is 0 Å². The highest BCUT2D eigenvalue weighted by atomic mass is 16.5. The normalized spacial score (nSPS) is 19.6. The van der Waals surface area contributed by atoms with E-state index in [1.54, 1.807) is 18.0 Å². The number of aryl methyl sites for hydroxylation is 1. The maximum absolute atomic E-state index is 13.1. The highest BCUT2D eigenvalue weighted by Crippen LogP contribution is 2.33. The van der Waals surface area contributed by atoms with Crippen molar-refractivity contribution in [2.24, 2.45) is 0 Å². The van der Waals surface area contributed by atoms with Crippen molar-refractivity contribution in [2.75, 3.05) is 36.6 Å². The van der Waals surface area contributed by atoms with Gasteiger partial charge in [0.15, 0.2) is 5.69 Å². The predicted molar refractivity (Wildman–Crippen MR) is 109 cm³/mol. The summed E-state index contributed by atoms with van der Waals surface area (Å²) < 4.78 is 6.71. The quantitative estimate of drug-likeness (QED) is 0.794. The number of hydrogen-bond acceptors (Lipinski definition) is 5. The Labute approximate surface area is 166 Å². The number of nitrogens with zero attached hydrogens (tertiary/aromatic N) is 5. The van der Waals surface area contributed by atoms with Gasteiger partial charge in [-0.25, -0.2) is 4.68 Å². The smallest absolute Gasteiger partial charge is 0.280 e. The molecule has 28 heavy (non-hydrogen) atoms. The first-order chi connectivity index (χ1) is 13.7. The zero-order valence-corrected chi connectivity index (χ0v) is 16.8. The molecule has 1 aromatic heterocycles. The number of carbonyl (C=O) groups excluding carboxylic acids is 1. The fourth-order valence-electron chi connectivity index (χ4n) is 4.28. The van der Waals surface area contributed by atoms with Gasteiger partial charge in [0.1, 0.15) is 0 Å². The lowest BCUT2D eigenvalue weighted by molar-refractivity contribution is 0.0980. The Morgan fingerprint density at radius 2 is 2.14 bits per heavy atom. The molecule has 0 N–H and O–H groups in total. The van der Waals surface area contributed by atoms with Crippen molar-refractivity contribution in [2.45, 2.75) is 51.6 Å². The lowest BCUT2D eigenvalue weighted by atomic mass is 9.98. The average molecular weight is 383 g/mol. The Bertz CT molecular complexity index is 834. The number of methoxy groups -OCH3 is 1. The van der Waals surface area contributed by atoms with E-state index >= 15 is 0 Å². The average Bonchev–Trinajstić information content (AvgIpc) is 3.20. The molecule has 150 valence electrons. The summed E-state index contributed by atoms with van der Waals surface area (Å²) in [7, 11) is 1.65. The third-order valence-electron chi connectivity index (χ3n) is 5.84. The molecule has 3 heterocycles. The van der Waals surface area contributed by atoms with Gasteiger partial charge in [0.05, 0.1) is 19.3 Å². The number of piperidine rings is 1. The van der Waals surface area contributed by atoms with Gasteiger partial charge >= 0.3 is 0 Å². The molecule has 2 aliphatic rings. The summed E-state index contributed by atoms with van der Waals surface area (Å²) in [4.78, 5) is 17.4. The van der Waals surface area contributed by atoms with Gasteiger partial charge in [-0.05, 0) is 62.8 Å². The van der Waals surface area contributed by atoms with Crippen LogP contribution in [0.25, 0.3) is 0 Å². The Morgan fingerprint density at radius 3 is 2.96 bits per heavy atom. The lowest BCUT2D eigenvalue weighted by Gasteiger charge is -2.37. The largest absolute Gasteiger partial charge is 0.383 e. The third-order valence-corrected chi connectivity index (χ3v) is 5.84. The molecule has 7 heteroatoms. The van der Waals surface area contributed by atoms with Crippen molar-refractivity contribution >= 4 is 17.3 Å². The summed E-state index contributed by atoms with van der Waals surface area (Å²) in [6.07, 6.45) is 7.51. The highest BCUT2D eigenvalue weighted by molar-refractivity contribution is 6.05. The Hall–Kier alpha value is -2.41. The van der Waals surface area contributed by atoms with E-state index in [4.69, 9.17) is 4.74 Å². The molecule has 0 spiro atoms. The van der Waals surface area contributed by atoms with E-state index in [1.807, 2.05) is 4.90 Å². The van der Waals surface area contributed by atoms with E-state index in [1.165, 1.54) is 30.5 Å². The van der Waals surface area contributed by atoms with Crippen LogP contribution in [0.1, 0.15) is 48.7 Å². The van der Waals surface area contributed by atoms with Crippen LogP contribution < -0.4 is 9.80 Å². The standard InChI is InChI=1S/C21H29N5O2/c1-16-6-3-4-10-25(16)18-8-9-20-17(14-18)7-5-11-26(20)21(27)19-15-24(23-22-19)12-13-28-2/h8-9,14-16H,3-7,10-13H2,1-2H3. The molecule has 0 aliphatic carbocycles. The van der Waals surface area contributed by atoms with Gasteiger partial charge in [-0.15, -0.1) is 5.10 Å². The molecule has 2 aliphatic heterocycles. The van der Waals surface area contributed by atoms with Crippen LogP contribution in [0.2, 0.25) is 0 Å². The SMILES string of the molecule is COCCn1cc(C(=O)N2CCCc3cc(N4CCCCC4C)ccc32)nn1. The minimum absolute atomic E-state index is 0.0799. The second-order valence-corrected chi connectivity index (χ2v) is 7.77.